The molecule has 116 heavy (non-hydrogen) atoms. The van der Waals surface area contributed by atoms with E-state index in [1.54, 1.807) is 78.3 Å². The van der Waals surface area contributed by atoms with Crippen LogP contribution >= 0.6 is 69.6 Å². The lowest BCUT2D eigenvalue weighted by molar-refractivity contribution is -0.142. The standard InChI is InChI=1S/C12H10ClNO.2C12H10ClN.C9H13NO.2C8H8F3N.C8H11NO.C7H8ClNO.2C7H8ClN/c1-9-7-10(13)8-12(14-9)15-11-5-3-2-4-6-11;1-9-7-11(13)8-12(14-9)10-5-3-2-4-6-10;1-9-7-11(8-12(13)14-9)10-5-3-2-4-6-10;1-4-11-9-6-7(2)5-8(3)10-9;2*1-5-3-6(2)12-7(4-5)8(9,10)11;1-6-4-7(2)9-8(5-6)10-3;1-5-3-6(8)4-7(9-5)10-2;2*1-5-3-6(2)9-7(8)4-5/h2-8H,1H3;2*2-8H,1H3;5-6H,4H2,1-3H3;2*3-4H,1-2H3;4-5H,1-3H3;3-4H,1-2H3;2*3-4H,1-2H3. The number of hydrogen-bond acceptors (Lipinski definition) is 14. The number of aryl methyl sites for hydroxylation is 16. The van der Waals surface area contributed by atoms with Crippen molar-refractivity contribution in [3.8, 4) is 51.7 Å². The van der Waals surface area contributed by atoms with Crippen LogP contribution in [0.25, 0.3) is 22.4 Å². The highest BCUT2D eigenvalue weighted by Gasteiger charge is 2.33. The maximum absolute atomic E-state index is 12.1. The molecule has 10 heterocycles. The number of benzene rings is 3. The molecule has 0 aliphatic heterocycles. The van der Waals surface area contributed by atoms with Gasteiger partial charge in [0.2, 0.25) is 23.5 Å². The summed E-state index contributed by atoms with van der Waals surface area (Å²) in [4.78, 5) is 39.9. The Morgan fingerprint density at radius 2 is 0.578 bits per heavy atom. The lowest BCUT2D eigenvalue weighted by atomic mass is 10.1. The predicted octanol–water partition coefficient (Wildman–Crippen LogP) is 27.3. The maximum Gasteiger partial charge on any atom is 0.433 e. The number of rotatable bonds is 8. The van der Waals surface area contributed by atoms with Gasteiger partial charge in [0.25, 0.3) is 0 Å². The number of alkyl halides is 6. The molecule has 0 saturated carbocycles. The van der Waals surface area contributed by atoms with Crippen molar-refractivity contribution in [3.05, 3.63) is 345 Å². The molecule has 612 valence electrons. The normalized spacial score (nSPS) is 10.2. The van der Waals surface area contributed by atoms with Gasteiger partial charge in [-0.1, -0.05) is 148 Å². The zero-order valence-electron chi connectivity index (χ0n) is 68.1. The van der Waals surface area contributed by atoms with Crippen molar-refractivity contribution in [2.24, 2.45) is 0 Å². The van der Waals surface area contributed by atoms with Crippen molar-refractivity contribution in [3.63, 3.8) is 0 Å². The fourth-order valence-electron chi connectivity index (χ4n) is 10.3. The van der Waals surface area contributed by atoms with Crippen LogP contribution in [0.5, 0.6) is 29.3 Å². The Bertz CT molecular complexity index is 4680. The van der Waals surface area contributed by atoms with E-state index in [0.717, 1.165) is 102 Å². The topological polar surface area (TPSA) is 166 Å². The Hall–Kier alpha value is -10.3. The Morgan fingerprint density at radius 3 is 0.931 bits per heavy atom. The molecule has 0 aliphatic carbocycles. The zero-order valence-corrected chi connectivity index (χ0v) is 72.6. The molecule has 0 N–H and O–H groups in total. The van der Waals surface area contributed by atoms with E-state index in [-0.39, 0.29) is 0 Å². The third-order valence-corrected chi connectivity index (χ3v) is 15.8. The number of hydrogen-bond donors (Lipinski definition) is 0. The summed E-state index contributed by atoms with van der Waals surface area (Å²) in [6.07, 6.45) is -8.67. The molecule has 0 bridgehead atoms. The molecule has 0 aliphatic rings. The van der Waals surface area contributed by atoms with Gasteiger partial charge in [-0.3, -0.25) is 4.98 Å². The number of para-hydroxylation sites is 1. The van der Waals surface area contributed by atoms with Crippen molar-refractivity contribution in [2.75, 3.05) is 20.8 Å². The highest BCUT2D eigenvalue weighted by atomic mass is 35.5. The second kappa shape index (κ2) is 49.6. The van der Waals surface area contributed by atoms with Gasteiger partial charge < -0.3 is 18.9 Å². The van der Waals surface area contributed by atoms with Gasteiger partial charge in [-0.15, -0.1) is 0 Å². The first kappa shape index (κ1) is 98.0. The van der Waals surface area contributed by atoms with Gasteiger partial charge in [-0.2, -0.15) is 26.3 Å². The van der Waals surface area contributed by atoms with Crippen LogP contribution in [0.2, 0.25) is 30.5 Å². The van der Waals surface area contributed by atoms with Crippen molar-refractivity contribution in [1.82, 2.24) is 49.8 Å². The summed E-state index contributed by atoms with van der Waals surface area (Å²) in [7, 11) is 3.19. The molecule has 3 aromatic carbocycles. The number of ether oxygens (including phenoxy) is 4. The third-order valence-electron chi connectivity index (χ3n) is 14.5. The fraction of sp³-hybridized carbons (Fsp3) is 0.244. The average molecular weight is 1710 g/mol. The molecule has 0 spiro atoms. The van der Waals surface area contributed by atoms with Crippen molar-refractivity contribution < 1.29 is 45.3 Å². The van der Waals surface area contributed by atoms with E-state index in [1.165, 1.54) is 16.7 Å². The van der Waals surface area contributed by atoms with E-state index in [2.05, 4.69) is 62.0 Å². The molecular formula is C90H94Cl6F6N10O4. The SMILES string of the molecule is CCOc1cc(C)cc(C)n1.COc1cc(C)cc(C)n1.COc1cc(Cl)cc(C)n1.Cc1cc(-c2ccccc2)cc(Cl)n1.Cc1cc(C)nc(C(F)(F)F)c1.Cc1cc(C)nc(C(F)(F)F)c1.Cc1cc(C)nc(Cl)c1.Cc1cc(C)nc(Cl)c1.Cc1cc(Cl)cc(-c2ccccc2)n1.Cc1cc(Cl)cc(Oc2ccccc2)n1. The first-order valence-corrected chi connectivity index (χ1v) is 38.1. The van der Waals surface area contributed by atoms with Crippen molar-refractivity contribution in [2.45, 2.75) is 130 Å². The number of methoxy groups -OCH3 is 2. The lowest BCUT2D eigenvalue weighted by Gasteiger charge is -2.06. The zero-order chi connectivity index (χ0) is 86.4. The van der Waals surface area contributed by atoms with Gasteiger partial charge in [-0.05, 0) is 271 Å². The Balaban J connectivity index is 0.000000273. The predicted molar refractivity (Wildman–Crippen MR) is 460 cm³/mol. The highest BCUT2D eigenvalue weighted by Crippen LogP contribution is 2.31. The Kier molecular flexibility index (Phi) is 41.9. The minimum Gasteiger partial charge on any atom is -0.481 e. The third kappa shape index (κ3) is 40.3. The molecule has 26 heteroatoms. The van der Waals surface area contributed by atoms with Crippen LogP contribution in [0.3, 0.4) is 0 Å². The lowest BCUT2D eigenvalue weighted by Crippen LogP contribution is -2.08. The van der Waals surface area contributed by atoms with Crippen molar-refractivity contribution >= 4 is 69.6 Å². The van der Waals surface area contributed by atoms with Crippen LogP contribution in [-0.4, -0.2) is 70.7 Å². The van der Waals surface area contributed by atoms with Gasteiger partial charge in [0, 0.05) is 102 Å². The molecule has 0 saturated heterocycles. The Morgan fingerprint density at radius 1 is 0.276 bits per heavy atom. The second-order valence-electron chi connectivity index (χ2n) is 26.0. The second-order valence-corrected chi connectivity index (χ2v) is 28.4. The highest BCUT2D eigenvalue weighted by molar-refractivity contribution is 6.31. The number of halogens is 12. The molecule has 0 unspecified atom stereocenters. The smallest absolute Gasteiger partial charge is 0.433 e. The minimum absolute atomic E-state index is 0.391. The van der Waals surface area contributed by atoms with Gasteiger partial charge in [0.05, 0.1) is 26.5 Å². The first-order valence-electron chi connectivity index (χ1n) is 35.9. The molecule has 0 fully saturated rings. The maximum atomic E-state index is 12.1. The summed E-state index contributed by atoms with van der Waals surface area (Å²) in [5, 5.41) is 3.72. The van der Waals surface area contributed by atoms with Crippen LogP contribution in [0.15, 0.2) is 212 Å². The van der Waals surface area contributed by atoms with Crippen LogP contribution < -0.4 is 18.9 Å². The van der Waals surface area contributed by atoms with Gasteiger partial charge in [0.15, 0.2) is 0 Å². The molecule has 0 atom stereocenters. The summed E-state index contributed by atoms with van der Waals surface area (Å²) in [5.74, 6) is 3.25. The number of aromatic nitrogens is 10. The average Bonchev–Trinajstić information content (AvgIpc) is 0.783. The quantitative estimate of drug-likeness (QED) is 0.104. The van der Waals surface area contributed by atoms with Gasteiger partial charge in [-0.25, -0.2) is 44.9 Å². The minimum atomic E-state index is -4.34. The van der Waals surface area contributed by atoms with E-state index in [9.17, 15) is 26.3 Å². The van der Waals surface area contributed by atoms with Crippen LogP contribution in [0, 0.1) is 111 Å². The van der Waals surface area contributed by atoms with Gasteiger partial charge in [0.1, 0.15) is 32.6 Å². The van der Waals surface area contributed by atoms with E-state index < -0.39 is 23.7 Å². The molecule has 0 amide bonds. The summed E-state index contributed by atoms with van der Waals surface area (Å²) >= 11 is 34.7. The van der Waals surface area contributed by atoms with Crippen molar-refractivity contribution in [1.29, 1.82) is 0 Å². The number of pyridine rings is 10. The van der Waals surface area contributed by atoms with Gasteiger partial charge >= 0.3 is 12.4 Å². The Labute approximate surface area is 707 Å². The van der Waals surface area contributed by atoms with Crippen LogP contribution in [0.1, 0.15) is 109 Å². The largest absolute Gasteiger partial charge is 0.481 e. The molecule has 0 radical (unpaired) electrons. The number of nitrogens with zero attached hydrogens (tertiary/aromatic N) is 10. The van der Waals surface area contributed by atoms with E-state index >= 15 is 0 Å². The fourth-order valence-corrected chi connectivity index (χ4v) is 11.9. The molecule has 13 rings (SSSR count). The molecule has 13 aromatic rings. The molecule has 14 nitrogen and oxygen atoms in total. The van der Waals surface area contributed by atoms with E-state index in [0.29, 0.717) is 72.3 Å². The summed E-state index contributed by atoms with van der Waals surface area (Å²) < 4.78 is 93.2. The monoisotopic (exact) mass is 1700 g/mol. The molecular weight excluding hydrogens is 1610 g/mol. The molecule has 10 aromatic heterocycles. The van der Waals surface area contributed by atoms with Crippen LogP contribution in [0.4, 0.5) is 26.3 Å². The first-order chi connectivity index (χ1) is 54.6. The van der Waals surface area contributed by atoms with Crippen LogP contribution in [-0.2, 0) is 12.4 Å². The summed E-state index contributed by atoms with van der Waals surface area (Å²) in [6, 6.07) is 65.1. The summed E-state index contributed by atoms with van der Waals surface area (Å²) in [5.41, 5.74) is 16.8. The van der Waals surface area contributed by atoms with E-state index in [1.807, 2.05) is 242 Å². The van der Waals surface area contributed by atoms with E-state index in [4.69, 9.17) is 88.6 Å². The summed E-state index contributed by atoms with van der Waals surface area (Å²) in [6.45, 7) is 32.4.